The Morgan fingerprint density at radius 2 is 2.45 bits per heavy atom. The van der Waals surface area contributed by atoms with Crippen molar-refractivity contribution in [2.45, 2.75) is 6.92 Å². The molecule has 1 aromatic rings. The van der Waals surface area contributed by atoms with Crippen molar-refractivity contribution in [3.63, 3.8) is 0 Å². The second kappa shape index (κ2) is 3.57. The van der Waals surface area contributed by atoms with Crippen LogP contribution < -0.4 is 5.32 Å². The summed E-state index contributed by atoms with van der Waals surface area (Å²) >= 11 is 0. The van der Waals surface area contributed by atoms with Crippen molar-refractivity contribution < 1.29 is 0 Å². The summed E-state index contributed by atoms with van der Waals surface area (Å²) in [5.41, 5.74) is 0.576. The summed E-state index contributed by atoms with van der Waals surface area (Å²) in [5.74, 6) is 0.756. The maximum Gasteiger partial charge on any atom is 0.126 e. The molecule has 1 radical (unpaired) electrons. The van der Waals surface area contributed by atoms with Crippen LogP contribution in [0.1, 0.15) is 12.5 Å². The molecule has 1 rings (SSSR count). The third-order valence-corrected chi connectivity index (χ3v) is 1.18. The first-order valence-electron chi connectivity index (χ1n) is 3.27. The summed E-state index contributed by atoms with van der Waals surface area (Å²) in [6.07, 6.45) is 1.53. The Balaban J connectivity index is 2.76. The molecule has 3 nitrogen and oxygen atoms in total. The number of nitrogens with one attached hydrogen (secondary N) is 1. The smallest absolute Gasteiger partial charge is 0.126 e. The zero-order valence-electron chi connectivity index (χ0n) is 6.20. The monoisotopic (exact) mass is 146 g/mol. The highest BCUT2D eigenvalue weighted by Crippen LogP contribution is 2.03. The van der Waals surface area contributed by atoms with Crippen molar-refractivity contribution >= 4 is 5.82 Å². The predicted octanol–water partition coefficient (Wildman–Crippen LogP) is 1.55. The lowest BCUT2D eigenvalue weighted by Gasteiger charge is -1.98. The minimum absolute atomic E-state index is 0.576. The molecule has 0 atom stereocenters. The second-order valence-corrected chi connectivity index (χ2v) is 1.98. The van der Waals surface area contributed by atoms with Crippen molar-refractivity contribution in [2.75, 3.05) is 5.32 Å². The van der Waals surface area contributed by atoms with Gasteiger partial charge in [0.25, 0.3) is 0 Å². The fraction of sp³-hybridized carbons (Fsp3) is 0.125. The quantitative estimate of drug-likeness (QED) is 0.688. The van der Waals surface area contributed by atoms with E-state index in [1.807, 2.05) is 13.0 Å². The third-order valence-electron chi connectivity index (χ3n) is 1.18. The van der Waals surface area contributed by atoms with Crippen LogP contribution in [-0.4, -0.2) is 4.98 Å². The van der Waals surface area contributed by atoms with Gasteiger partial charge in [0.05, 0.1) is 5.56 Å². The van der Waals surface area contributed by atoms with Gasteiger partial charge in [0, 0.05) is 12.7 Å². The van der Waals surface area contributed by atoms with Gasteiger partial charge < -0.3 is 5.32 Å². The molecule has 0 saturated heterocycles. The van der Waals surface area contributed by atoms with Gasteiger partial charge in [-0.05, 0) is 19.1 Å². The molecule has 1 heterocycles. The van der Waals surface area contributed by atoms with Crippen LogP contribution in [0.2, 0.25) is 0 Å². The number of pyridine rings is 1. The zero-order valence-corrected chi connectivity index (χ0v) is 6.20. The Morgan fingerprint density at radius 1 is 1.64 bits per heavy atom. The number of rotatable bonds is 2. The van der Waals surface area contributed by atoms with Gasteiger partial charge in [0.1, 0.15) is 11.9 Å². The van der Waals surface area contributed by atoms with E-state index in [4.69, 9.17) is 5.26 Å². The van der Waals surface area contributed by atoms with Crippen LogP contribution in [0.15, 0.2) is 18.3 Å². The van der Waals surface area contributed by atoms with E-state index in [1.165, 1.54) is 6.20 Å². The van der Waals surface area contributed by atoms with Crippen molar-refractivity contribution in [1.82, 2.24) is 4.98 Å². The van der Waals surface area contributed by atoms with Gasteiger partial charge in [-0.1, -0.05) is 0 Å². The first-order valence-corrected chi connectivity index (χ1v) is 3.27. The van der Waals surface area contributed by atoms with Crippen LogP contribution >= 0.6 is 0 Å². The van der Waals surface area contributed by atoms with Crippen LogP contribution in [0.4, 0.5) is 5.82 Å². The van der Waals surface area contributed by atoms with E-state index in [0.29, 0.717) is 5.56 Å². The van der Waals surface area contributed by atoms with Crippen LogP contribution in [0.5, 0.6) is 0 Å². The molecule has 1 aromatic heterocycles. The van der Waals surface area contributed by atoms with E-state index < -0.39 is 0 Å². The average Bonchev–Trinajstić information content (AvgIpc) is 2.07. The number of aromatic nitrogens is 1. The van der Waals surface area contributed by atoms with E-state index in [0.717, 1.165) is 5.82 Å². The Hall–Kier alpha value is -1.56. The Labute approximate surface area is 65.7 Å². The SMILES string of the molecule is C[CH]Nc1ccc(C#N)cn1. The summed E-state index contributed by atoms with van der Waals surface area (Å²) in [7, 11) is 0. The van der Waals surface area contributed by atoms with Crippen LogP contribution in [0.25, 0.3) is 0 Å². The number of nitriles is 1. The van der Waals surface area contributed by atoms with Crippen molar-refractivity contribution in [2.24, 2.45) is 0 Å². The fourth-order valence-electron chi connectivity index (χ4n) is 0.693. The van der Waals surface area contributed by atoms with E-state index >= 15 is 0 Å². The van der Waals surface area contributed by atoms with E-state index in [9.17, 15) is 0 Å². The van der Waals surface area contributed by atoms with Crippen molar-refractivity contribution in [3.05, 3.63) is 30.4 Å². The first-order chi connectivity index (χ1) is 5.36. The lowest BCUT2D eigenvalue weighted by molar-refractivity contribution is 1.25. The molecule has 55 valence electrons. The molecule has 0 unspecified atom stereocenters. The summed E-state index contributed by atoms with van der Waals surface area (Å²) in [6.45, 7) is 3.66. The number of hydrogen-bond acceptors (Lipinski definition) is 3. The molecule has 1 N–H and O–H groups in total. The van der Waals surface area contributed by atoms with E-state index in [2.05, 4.69) is 10.3 Å². The van der Waals surface area contributed by atoms with Gasteiger partial charge in [0.15, 0.2) is 0 Å². The second-order valence-electron chi connectivity index (χ2n) is 1.98. The first kappa shape index (κ1) is 7.55. The highest BCUT2D eigenvalue weighted by molar-refractivity contribution is 5.39. The Kier molecular flexibility index (Phi) is 2.45. The fourth-order valence-corrected chi connectivity index (χ4v) is 0.693. The van der Waals surface area contributed by atoms with Gasteiger partial charge in [-0.15, -0.1) is 0 Å². The van der Waals surface area contributed by atoms with Crippen molar-refractivity contribution in [1.29, 1.82) is 5.26 Å². The van der Waals surface area contributed by atoms with Crippen LogP contribution in [0, 0.1) is 17.9 Å². The molecule has 0 fully saturated rings. The van der Waals surface area contributed by atoms with Gasteiger partial charge in [-0.2, -0.15) is 5.26 Å². The normalized spacial score (nSPS) is 8.73. The van der Waals surface area contributed by atoms with Crippen LogP contribution in [-0.2, 0) is 0 Å². The van der Waals surface area contributed by atoms with E-state index in [1.54, 1.807) is 18.7 Å². The van der Waals surface area contributed by atoms with Gasteiger partial charge in [-0.3, -0.25) is 0 Å². The zero-order chi connectivity index (χ0) is 8.10. The average molecular weight is 146 g/mol. The lowest BCUT2D eigenvalue weighted by Crippen LogP contribution is -1.93. The maximum absolute atomic E-state index is 8.44. The highest BCUT2D eigenvalue weighted by atomic mass is 15.0. The molecule has 3 heteroatoms. The van der Waals surface area contributed by atoms with Gasteiger partial charge in [-0.25, -0.2) is 4.98 Å². The maximum atomic E-state index is 8.44. The summed E-state index contributed by atoms with van der Waals surface area (Å²) in [4.78, 5) is 3.97. The molecule has 0 aliphatic heterocycles. The molecule has 0 spiro atoms. The number of hydrogen-bond donors (Lipinski definition) is 1. The highest BCUT2D eigenvalue weighted by Gasteiger charge is 1.91. The molecule has 0 saturated carbocycles. The summed E-state index contributed by atoms with van der Waals surface area (Å²) in [6, 6.07) is 5.48. The molecule has 0 aromatic carbocycles. The summed E-state index contributed by atoms with van der Waals surface area (Å²) in [5, 5.41) is 11.4. The third kappa shape index (κ3) is 1.94. The molecule has 11 heavy (non-hydrogen) atoms. The molecule has 0 amide bonds. The molecule has 0 aliphatic carbocycles. The van der Waals surface area contributed by atoms with Crippen molar-refractivity contribution in [3.8, 4) is 6.07 Å². The number of nitrogens with zero attached hydrogens (tertiary/aromatic N) is 2. The molecule has 0 bridgehead atoms. The Morgan fingerprint density at radius 3 is 2.91 bits per heavy atom. The minimum atomic E-state index is 0.576. The van der Waals surface area contributed by atoms with E-state index in [-0.39, 0.29) is 0 Å². The lowest BCUT2D eigenvalue weighted by atomic mass is 10.3. The number of anilines is 1. The largest absolute Gasteiger partial charge is 0.366 e. The molecule has 0 aliphatic rings. The predicted molar refractivity (Wildman–Crippen MR) is 42.5 cm³/mol. The minimum Gasteiger partial charge on any atom is -0.366 e. The molecular formula is C8H8N3. The molecular weight excluding hydrogens is 138 g/mol. The topological polar surface area (TPSA) is 48.7 Å². The van der Waals surface area contributed by atoms with Gasteiger partial charge in [0.2, 0.25) is 0 Å². The summed E-state index contributed by atoms with van der Waals surface area (Å²) < 4.78 is 0. The van der Waals surface area contributed by atoms with Crippen LogP contribution in [0.3, 0.4) is 0 Å². The Bertz CT molecular complexity index is 258. The standard InChI is InChI=1S/C8H8N3/c1-2-10-8-4-3-7(5-9)6-11-8/h2-4,6H,1H3,(H,10,11). The van der Waals surface area contributed by atoms with Gasteiger partial charge >= 0.3 is 0 Å².